The Balaban J connectivity index is 1.99. The van der Waals surface area contributed by atoms with E-state index in [-0.39, 0.29) is 0 Å². The Labute approximate surface area is 121 Å². The molecule has 0 saturated carbocycles. The van der Waals surface area contributed by atoms with Crippen molar-refractivity contribution in [2.45, 2.75) is 44.7 Å². The van der Waals surface area contributed by atoms with Gasteiger partial charge in [0.1, 0.15) is 0 Å². The van der Waals surface area contributed by atoms with Gasteiger partial charge in [0.05, 0.1) is 11.7 Å². The topological polar surface area (TPSA) is 29.9 Å². The van der Waals surface area contributed by atoms with Crippen molar-refractivity contribution >= 4 is 0 Å². The first-order valence-electron chi connectivity index (χ1n) is 7.62. The van der Waals surface area contributed by atoms with Crippen molar-refractivity contribution in [1.29, 1.82) is 0 Å². The highest BCUT2D eigenvalue weighted by molar-refractivity contribution is 5.35. The van der Waals surface area contributed by atoms with E-state index in [1.54, 1.807) is 0 Å². The largest absolute Gasteiger partial charge is 0.311 e. The van der Waals surface area contributed by atoms with Gasteiger partial charge in [0.15, 0.2) is 0 Å². The Kier molecular flexibility index (Phi) is 3.88. The van der Waals surface area contributed by atoms with E-state index in [0.717, 1.165) is 6.54 Å². The van der Waals surface area contributed by atoms with Crippen LogP contribution in [0.15, 0.2) is 36.5 Å². The van der Waals surface area contributed by atoms with Crippen LogP contribution in [0.1, 0.15) is 48.5 Å². The molecule has 3 nitrogen and oxygen atoms in total. The Morgan fingerprint density at radius 2 is 2.20 bits per heavy atom. The van der Waals surface area contributed by atoms with Gasteiger partial charge in [0.2, 0.25) is 0 Å². The molecule has 106 valence electrons. The number of likely N-dealkylation sites (N-methyl/N-ethyl adjacent to an activating group) is 1. The molecule has 1 heterocycles. The summed E-state index contributed by atoms with van der Waals surface area (Å²) in [6.07, 6.45) is 5.66. The monoisotopic (exact) mass is 269 g/mol. The van der Waals surface area contributed by atoms with Gasteiger partial charge in [-0.1, -0.05) is 24.3 Å². The molecule has 0 spiro atoms. The van der Waals surface area contributed by atoms with E-state index in [1.807, 2.05) is 6.20 Å². The fourth-order valence-electron chi connectivity index (χ4n) is 3.56. The lowest BCUT2D eigenvalue weighted by atomic mass is 9.78. The smallest absolute Gasteiger partial charge is 0.0559 e. The highest BCUT2D eigenvalue weighted by Gasteiger charge is 2.29. The van der Waals surface area contributed by atoms with Crippen molar-refractivity contribution in [2.75, 3.05) is 7.05 Å². The maximum Gasteiger partial charge on any atom is 0.0559 e. The molecule has 0 fully saturated rings. The summed E-state index contributed by atoms with van der Waals surface area (Å²) in [6, 6.07) is 11.4. The summed E-state index contributed by atoms with van der Waals surface area (Å²) >= 11 is 0. The van der Waals surface area contributed by atoms with Crippen molar-refractivity contribution in [3.63, 3.8) is 0 Å². The summed E-state index contributed by atoms with van der Waals surface area (Å²) in [7, 11) is 2.06. The standard InChI is InChI=1S/C17H23N3/c1-3-20-16(11-12-19-20)17(18-2)15-10-6-8-13-7-4-5-9-14(13)15/h4-5,7,9,11-12,15,17-18H,3,6,8,10H2,1-2H3. The van der Waals surface area contributed by atoms with E-state index in [9.17, 15) is 0 Å². The van der Waals surface area contributed by atoms with Crippen molar-refractivity contribution in [1.82, 2.24) is 15.1 Å². The average Bonchev–Trinajstić information content (AvgIpc) is 2.97. The maximum atomic E-state index is 4.43. The summed E-state index contributed by atoms with van der Waals surface area (Å²) in [6.45, 7) is 3.08. The van der Waals surface area contributed by atoms with E-state index in [4.69, 9.17) is 0 Å². The molecule has 2 unspecified atom stereocenters. The first kappa shape index (κ1) is 13.4. The molecular formula is C17H23N3. The number of hydrogen-bond acceptors (Lipinski definition) is 2. The van der Waals surface area contributed by atoms with E-state index >= 15 is 0 Å². The lowest BCUT2D eigenvalue weighted by molar-refractivity contribution is 0.399. The van der Waals surface area contributed by atoms with Crippen LogP contribution in [-0.2, 0) is 13.0 Å². The molecule has 2 atom stereocenters. The molecule has 1 aliphatic carbocycles. The summed E-state index contributed by atoms with van der Waals surface area (Å²) in [5.74, 6) is 0.548. The number of aryl methyl sites for hydroxylation is 2. The molecular weight excluding hydrogens is 246 g/mol. The van der Waals surface area contributed by atoms with Crippen LogP contribution in [-0.4, -0.2) is 16.8 Å². The van der Waals surface area contributed by atoms with Gasteiger partial charge in [-0.15, -0.1) is 0 Å². The third-order valence-corrected chi connectivity index (χ3v) is 4.50. The second kappa shape index (κ2) is 5.80. The predicted octanol–water partition coefficient (Wildman–Crippen LogP) is 3.28. The molecule has 1 aliphatic rings. The van der Waals surface area contributed by atoms with E-state index in [0.29, 0.717) is 12.0 Å². The Morgan fingerprint density at radius 3 is 3.00 bits per heavy atom. The minimum absolute atomic E-state index is 0.346. The van der Waals surface area contributed by atoms with Crippen molar-refractivity contribution < 1.29 is 0 Å². The number of benzene rings is 1. The number of rotatable bonds is 4. The first-order chi connectivity index (χ1) is 9.85. The maximum absolute atomic E-state index is 4.43. The Bertz CT molecular complexity index is 573. The number of nitrogens with zero attached hydrogens (tertiary/aromatic N) is 2. The van der Waals surface area contributed by atoms with E-state index in [2.05, 4.69) is 59.4 Å². The highest BCUT2D eigenvalue weighted by Crippen LogP contribution is 2.39. The van der Waals surface area contributed by atoms with Crippen LogP contribution < -0.4 is 5.32 Å². The Hall–Kier alpha value is -1.61. The van der Waals surface area contributed by atoms with Crippen molar-refractivity contribution in [2.24, 2.45) is 0 Å². The van der Waals surface area contributed by atoms with Gasteiger partial charge in [0, 0.05) is 18.7 Å². The number of hydrogen-bond donors (Lipinski definition) is 1. The van der Waals surface area contributed by atoms with Crippen LogP contribution in [0.5, 0.6) is 0 Å². The van der Waals surface area contributed by atoms with Gasteiger partial charge in [-0.25, -0.2) is 0 Å². The lowest BCUT2D eigenvalue weighted by Crippen LogP contribution is -2.28. The first-order valence-corrected chi connectivity index (χ1v) is 7.62. The lowest BCUT2D eigenvalue weighted by Gasteiger charge is -2.32. The third kappa shape index (κ3) is 2.27. The molecule has 0 radical (unpaired) electrons. The minimum Gasteiger partial charge on any atom is -0.311 e. The van der Waals surface area contributed by atoms with E-state index in [1.165, 1.54) is 36.1 Å². The summed E-state index contributed by atoms with van der Waals surface area (Å²) in [5.41, 5.74) is 4.34. The average molecular weight is 269 g/mol. The van der Waals surface area contributed by atoms with Gasteiger partial charge in [0.25, 0.3) is 0 Å². The molecule has 0 saturated heterocycles. The normalized spacial score (nSPS) is 19.6. The van der Waals surface area contributed by atoms with Crippen LogP contribution in [0.2, 0.25) is 0 Å². The summed E-state index contributed by atoms with van der Waals surface area (Å²) < 4.78 is 2.11. The van der Waals surface area contributed by atoms with Gasteiger partial charge in [-0.3, -0.25) is 4.68 Å². The second-order valence-electron chi connectivity index (χ2n) is 5.54. The zero-order valence-corrected chi connectivity index (χ0v) is 12.3. The number of fused-ring (bicyclic) bond motifs is 1. The molecule has 0 aliphatic heterocycles. The molecule has 3 rings (SSSR count). The van der Waals surface area contributed by atoms with E-state index < -0.39 is 0 Å². The molecule has 1 N–H and O–H groups in total. The van der Waals surface area contributed by atoms with Crippen molar-refractivity contribution in [3.05, 3.63) is 53.3 Å². The van der Waals surface area contributed by atoms with Gasteiger partial charge in [-0.2, -0.15) is 5.10 Å². The zero-order chi connectivity index (χ0) is 13.9. The quantitative estimate of drug-likeness (QED) is 0.923. The van der Waals surface area contributed by atoms with Crippen LogP contribution >= 0.6 is 0 Å². The molecule has 1 aromatic heterocycles. The molecule has 3 heteroatoms. The molecule has 20 heavy (non-hydrogen) atoms. The van der Waals surface area contributed by atoms with Gasteiger partial charge in [-0.05, 0) is 50.4 Å². The minimum atomic E-state index is 0.346. The number of nitrogens with one attached hydrogen (secondary N) is 1. The zero-order valence-electron chi connectivity index (χ0n) is 12.3. The fourth-order valence-corrected chi connectivity index (χ4v) is 3.56. The molecule has 0 bridgehead atoms. The fraction of sp³-hybridized carbons (Fsp3) is 0.471. The van der Waals surface area contributed by atoms with Gasteiger partial charge >= 0.3 is 0 Å². The second-order valence-corrected chi connectivity index (χ2v) is 5.54. The third-order valence-electron chi connectivity index (χ3n) is 4.50. The summed E-state index contributed by atoms with van der Waals surface area (Å²) in [4.78, 5) is 0. The van der Waals surface area contributed by atoms with Crippen LogP contribution in [0.4, 0.5) is 0 Å². The highest BCUT2D eigenvalue weighted by atomic mass is 15.3. The predicted molar refractivity (Wildman–Crippen MR) is 81.8 cm³/mol. The number of aromatic nitrogens is 2. The SMILES string of the molecule is CCn1nccc1C(NC)C1CCCc2ccccc21. The molecule has 1 aromatic carbocycles. The summed E-state index contributed by atoms with van der Waals surface area (Å²) in [5, 5.41) is 7.96. The molecule has 0 amide bonds. The van der Waals surface area contributed by atoms with Crippen LogP contribution in [0, 0.1) is 0 Å². The van der Waals surface area contributed by atoms with Crippen LogP contribution in [0.25, 0.3) is 0 Å². The Morgan fingerprint density at radius 1 is 1.35 bits per heavy atom. The van der Waals surface area contributed by atoms with Gasteiger partial charge < -0.3 is 5.32 Å². The van der Waals surface area contributed by atoms with Crippen LogP contribution in [0.3, 0.4) is 0 Å². The molecule has 2 aromatic rings. The van der Waals surface area contributed by atoms with Crippen molar-refractivity contribution in [3.8, 4) is 0 Å².